The molecule has 0 aromatic heterocycles. The predicted octanol–water partition coefficient (Wildman–Crippen LogP) is -3.14. The van der Waals surface area contributed by atoms with Gasteiger partial charge in [0.1, 0.15) is 5.92 Å². The maximum Gasteiger partial charge on any atom is 0.333 e. The number of amides is 4. The van der Waals surface area contributed by atoms with Crippen LogP contribution in [0.25, 0.3) is 0 Å². The van der Waals surface area contributed by atoms with Gasteiger partial charge in [-0.05, 0) is 6.42 Å². The molecule has 39 heavy (non-hydrogen) atoms. The second-order valence-corrected chi connectivity index (χ2v) is 10.7. The highest BCUT2D eigenvalue weighted by atomic mass is 16.5. The minimum absolute atomic E-state index is 0.158. The van der Waals surface area contributed by atoms with E-state index in [1.165, 1.54) is 0 Å². The number of urea groups is 1. The van der Waals surface area contributed by atoms with Gasteiger partial charge in [0, 0.05) is 58.9 Å². The van der Waals surface area contributed by atoms with Crippen LogP contribution in [0.4, 0.5) is 4.79 Å². The molecule has 0 saturated carbocycles. The molecular formula is C25H43N5O9. The molecule has 0 aromatic carbocycles. The average Bonchev–Trinajstić information content (AvgIpc) is 2.93. The summed E-state index contributed by atoms with van der Waals surface area (Å²) in [6, 6.07) is -0.856. The summed E-state index contributed by atoms with van der Waals surface area (Å²) in [6.07, 6.45) is -3.19. The van der Waals surface area contributed by atoms with Crippen LogP contribution >= 0.6 is 0 Å². The van der Waals surface area contributed by atoms with E-state index >= 15 is 0 Å². The number of aliphatic hydroxyl groups is 3. The Morgan fingerprint density at radius 3 is 1.26 bits per heavy atom. The van der Waals surface area contributed by atoms with Crippen molar-refractivity contribution in [3.05, 3.63) is 0 Å². The number of ether oxygens (including phenoxy) is 3. The first-order valence-electron chi connectivity index (χ1n) is 13.9. The molecule has 0 unspecified atom stereocenters. The Balaban J connectivity index is 1.43. The van der Waals surface area contributed by atoms with Gasteiger partial charge in [0.15, 0.2) is 0 Å². The number of carbonyl (C=O) groups is 3. The van der Waals surface area contributed by atoms with Crippen molar-refractivity contribution in [2.45, 2.75) is 24.7 Å². The molecule has 4 heterocycles. The first kappa shape index (κ1) is 30.2. The molecule has 4 amide bonds. The Hall–Kier alpha value is -1.75. The van der Waals surface area contributed by atoms with Gasteiger partial charge >= 0.3 is 6.03 Å². The maximum atomic E-state index is 13.4. The monoisotopic (exact) mass is 557 g/mol. The van der Waals surface area contributed by atoms with Crippen molar-refractivity contribution in [3.63, 3.8) is 0 Å². The van der Waals surface area contributed by atoms with E-state index in [9.17, 15) is 29.7 Å². The molecule has 0 radical (unpaired) electrons. The Morgan fingerprint density at radius 1 is 0.564 bits per heavy atom. The molecule has 14 heteroatoms. The number of imide groups is 2. The van der Waals surface area contributed by atoms with E-state index in [4.69, 9.17) is 14.2 Å². The number of nitrogens with zero attached hydrogens (tertiary/aromatic N) is 5. The quantitative estimate of drug-likeness (QED) is 0.208. The predicted molar refractivity (Wildman–Crippen MR) is 137 cm³/mol. The second kappa shape index (κ2) is 14.8. The molecule has 3 N–H and O–H groups in total. The Bertz CT molecular complexity index is 695. The zero-order valence-electron chi connectivity index (χ0n) is 22.6. The van der Waals surface area contributed by atoms with Crippen LogP contribution in [0.5, 0.6) is 0 Å². The lowest BCUT2D eigenvalue weighted by Crippen LogP contribution is -2.63. The van der Waals surface area contributed by atoms with E-state index in [2.05, 4.69) is 0 Å². The molecule has 4 aliphatic rings. The van der Waals surface area contributed by atoms with Crippen LogP contribution in [0.2, 0.25) is 0 Å². The molecule has 4 rings (SSSR count). The number of hydrogen-bond acceptors (Lipinski definition) is 12. The highest BCUT2D eigenvalue weighted by molar-refractivity contribution is 6.16. The molecule has 3 atom stereocenters. The lowest BCUT2D eigenvalue weighted by molar-refractivity contribution is -0.153. The molecule has 14 nitrogen and oxygen atoms in total. The number of morpholine rings is 3. The number of aliphatic hydroxyl groups excluding tert-OH is 3. The molecule has 222 valence electrons. The van der Waals surface area contributed by atoms with Crippen molar-refractivity contribution < 1.29 is 43.9 Å². The van der Waals surface area contributed by atoms with Crippen molar-refractivity contribution in [2.75, 3.05) is 112 Å². The van der Waals surface area contributed by atoms with Gasteiger partial charge in [0.05, 0.1) is 71.0 Å². The first-order valence-corrected chi connectivity index (χ1v) is 13.9. The van der Waals surface area contributed by atoms with Gasteiger partial charge in [-0.25, -0.2) is 4.79 Å². The van der Waals surface area contributed by atoms with Crippen molar-refractivity contribution in [1.29, 1.82) is 0 Å². The van der Waals surface area contributed by atoms with Gasteiger partial charge in [-0.3, -0.25) is 34.1 Å². The molecule has 4 saturated heterocycles. The topological polar surface area (TPSA) is 156 Å². The smallest absolute Gasteiger partial charge is 0.333 e. The summed E-state index contributed by atoms with van der Waals surface area (Å²) in [7, 11) is 0. The minimum Gasteiger partial charge on any atom is -0.392 e. The molecule has 0 spiro atoms. The van der Waals surface area contributed by atoms with E-state index in [1.807, 2.05) is 14.7 Å². The third-order valence-electron chi connectivity index (χ3n) is 7.60. The second-order valence-electron chi connectivity index (χ2n) is 10.7. The fraction of sp³-hybridized carbons (Fsp3) is 0.880. The first-order chi connectivity index (χ1) is 18.8. The summed E-state index contributed by atoms with van der Waals surface area (Å²) in [5.74, 6) is -2.75. The lowest BCUT2D eigenvalue weighted by atomic mass is 9.95. The van der Waals surface area contributed by atoms with Crippen LogP contribution < -0.4 is 0 Å². The van der Waals surface area contributed by atoms with Gasteiger partial charge < -0.3 is 29.5 Å². The summed E-state index contributed by atoms with van der Waals surface area (Å²) >= 11 is 0. The summed E-state index contributed by atoms with van der Waals surface area (Å²) < 4.78 is 16.0. The van der Waals surface area contributed by atoms with Crippen LogP contribution in [0.3, 0.4) is 0 Å². The van der Waals surface area contributed by atoms with Crippen molar-refractivity contribution in [3.8, 4) is 0 Å². The van der Waals surface area contributed by atoms with Crippen LogP contribution in [0.1, 0.15) is 6.42 Å². The number of β-amino-alcohol motifs (C(OH)–C–C–N with tert-alkyl or cyclic N) is 3. The fourth-order valence-electron chi connectivity index (χ4n) is 5.48. The average molecular weight is 558 g/mol. The van der Waals surface area contributed by atoms with Crippen LogP contribution in [-0.2, 0) is 23.8 Å². The van der Waals surface area contributed by atoms with Gasteiger partial charge in [0.2, 0.25) is 11.8 Å². The van der Waals surface area contributed by atoms with E-state index < -0.39 is 42.1 Å². The van der Waals surface area contributed by atoms with Crippen molar-refractivity contribution >= 4 is 17.8 Å². The van der Waals surface area contributed by atoms with E-state index in [1.54, 1.807) is 0 Å². The maximum absolute atomic E-state index is 13.4. The van der Waals surface area contributed by atoms with E-state index in [0.29, 0.717) is 78.9 Å². The Morgan fingerprint density at radius 2 is 0.897 bits per heavy atom. The van der Waals surface area contributed by atoms with Gasteiger partial charge in [-0.2, -0.15) is 0 Å². The van der Waals surface area contributed by atoms with E-state index in [0.717, 1.165) is 9.80 Å². The highest BCUT2D eigenvalue weighted by Gasteiger charge is 2.47. The standard InChI is InChI=1S/C25H43N5O9/c31-19(14-26-1-7-37-8-2-26)13-22-23(34)29(17-20(32)15-27-3-9-38-10-4-27)25(36)30(24(22)35)18-21(33)16-28-5-11-39-12-6-28/h19-22,31-33H,1-18H2/t19-,20+,21+/m1/s1. The van der Waals surface area contributed by atoms with Gasteiger partial charge in [0.25, 0.3) is 0 Å². The zero-order chi connectivity index (χ0) is 27.8. The third kappa shape index (κ3) is 8.62. The molecular weight excluding hydrogens is 514 g/mol. The summed E-state index contributed by atoms with van der Waals surface area (Å²) in [5.41, 5.74) is 0. The third-order valence-corrected chi connectivity index (χ3v) is 7.60. The summed E-state index contributed by atoms with van der Waals surface area (Å²) in [6.45, 7) is 7.28. The SMILES string of the molecule is O=C1C(C[C@@H](O)CN2CCOCC2)C(=O)N(C[C@@H](O)CN2CCOCC2)C(=O)N1C[C@@H](O)CN1CCOCC1. The van der Waals surface area contributed by atoms with Crippen LogP contribution in [0.15, 0.2) is 0 Å². The highest BCUT2D eigenvalue weighted by Crippen LogP contribution is 2.24. The minimum atomic E-state index is -1.29. The molecule has 4 fully saturated rings. The zero-order valence-corrected chi connectivity index (χ0v) is 22.6. The van der Waals surface area contributed by atoms with Gasteiger partial charge in [-0.15, -0.1) is 0 Å². The number of rotatable bonds is 12. The largest absolute Gasteiger partial charge is 0.392 e. The fourth-order valence-corrected chi connectivity index (χ4v) is 5.48. The van der Waals surface area contributed by atoms with Gasteiger partial charge in [-0.1, -0.05) is 0 Å². The van der Waals surface area contributed by atoms with Crippen LogP contribution in [-0.4, -0.2) is 188 Å². The molecule has 0 bridgehead atoms. The molecule has 0 aliphatic carbocycles. The van der Waals surface area contributed by atoms with E-state index in [-0.39, 0.29) is 39.1 Å². The Kier molecular flexibility index (Phi) is 11.4. The number of hydrogen-bond donors (Lipinski definition) is 3. The van der Waals surface area contributed by atoms with Crippen LogP contribution in [0, 0.1) is 5.92 Å². The molecule has 0 aromatic rings. The Labute approximate surface area is 228 Å². The van der Waals surface area contributed by atoms with Crippen molar-refractivity contribution in [1.82, 2.24) is 24.5 Å². The molecule has 4 aliphatic heterocycles. The summed E-state index contributed by atoms with van der Waals surface area (Å²) in [5, 5.41) is 32.3. The normalized spacial score (nSPS) is 25.8. The number of carbonyl (C=O) groups excluding carboxylic acids is 3. The lowest BCUT2D eigenvalue weighted by Gasteiger charge is -2.40. The summed E-state index contributed by atoms with van der Waals surface area (Å²) in [4.78, 5) is 48.0. The van der Waals surface area contributed by atoms with Crippen molar-refractivity contribution in [2.24, 2.45) is 5.92 Å². The number of barbiturate groups is 1.